The summed E-state index contributed by atoms with van der Waals surface area (Å²) in [5.74, 6) is -2.12. The molecule has 0 radical (unpaired) electrons. The van der Waals surface area contributed by atoms with Crippen LogP contribution >= 0.6 is 0 Å². The molecule has 1 saturated heterocycles. The van der Waals surface area contributed by atoms with E-state index in [1.165, 1.54) is 24.3 Å². The largest absolute Gasteiger partial charge is 0.504 e. The molecule has 1 aliphatic heterocycles. The second-order valence-electron chi connectivity index (χ2n) is 9.66. The molecule has 12 heteroatoms. The summed E-state index contributed by atoms with van der Waals surface area (Å²) in [5, 5.41) is 27.1. The Kier molecular flexibility index (Phi) is 8.10. The number of rotatable bonds is 7. The van der Waals surface area contributed by atoms with Gasteiger partial charge in [-0.1, -0.05) is 6.07 Å². The molecule has 0 bridgehead atoms. The summed E-state index contributed by atoms with van der Waals surface area (Å²) in [7, 11) is 0. The van der Waals surface area contributed by atoms with Crippen LogP contribution in [0.3, 0.4) is 0 Å². The first kappa shape index (κ1) is 27.2. The van der Waals surface area contributed by atoms with Crippen LogP contribution in [0.4, 0.5) is 13.2 Å². The van der Waals surface area contributed by atoms with Gasteiger partial charge in [0.1, 0.15) is 0 Å². The number of likely N-dealkylation sites (tertiary alicyclic amines) is 1. The molecule has 0 unspecified atom stereocenters. The van der Waals surface area contributed by atoms with Crippen LogP contribution in [0.1, 0.15) is 52.0 Å². The average Bonchev–Trinajstić information content (AvgIpc) is 2.86. The zero-order valence-electron chi connectivity index (χ0n) is 20.4. The van der Waals surface area contributed by atoms with Crippen molar-refractivity contribution in [2.24, 2.45) is 0 Å². The standard InChI is InChI=1S/C26H29F3N4O5/c27-26(28,29)17-3-1-2-15(10-17)24(37)30-12-23(36)31-19-13-33(14-19)20-7-5-18(6-8-20)32-25(38)16-4-9-21(34)22(35)11-16/h1-4,9-11,18-20,34-35H,5-8,12-14H2,(H,30,37)(H,31,36)(H,32,38)/t18-,20+. The first-order chi connectivity index (χ1) is 18.0. The highest BCUT2D eigenvalue weighted by Gasteiger charge is 2.35. The number of aromatic hydroxyl groups is 2. The molecule has 1 saturated carbocycles. The minimum Gasteiger partial charge on any atom is -0.504 e. The Balaban J connectivity index is 1.13. The van der Waals surface area contributed by atoms with E-state index >= 15 is 0 Å². The highest BCUT2D eigenvalue weighted by molar-refractivity contribution is 5.96. The second-order valence-corrected chi connectivity index (χ2v) is 9.66. The van der Waals surface area contributed by atoms with Crippen molar-refractivity contribution in [1.82, 2.24) is 20.9 Å². The number of carbonyl (C=O) groups excluding carboxylic acids is 3. The summed E-state index contributed by atoms with van der Waals surface area (Å²) in [6, 6.07) is 8.21. The summed E-state index contributed by atoms with van der Waals surface area (Å²) in [4.78, 5) is 39.0. The van der Waals surface area contributed by atoms with Crippen molar-refractivity contribution in [3.8, 4) is 11.5 Å². The molecule has 0 spiro atoms. The summed E-state index contributed by atoms with van der Waals surface area (Å²) in [5.41, 5.74) is -0.830. The molecular formula is C26H29F3N4O5. The van der Waals surface area contributed by atoms with E-state index in [0.29, 0.717) is 19.1 Å². The third-order valence-corrected chi connectivity index (χ3v) is 6.92. The third kappa shape index (κ3) is 6.74. The fraction of sp³-hybridized carbons (Fsp3) is 0.423. The predicted octanol–water partition coefficient (Wildman–Crippen LogP) is 2.39. The first-order valence-corrected chi connectivity index (χ1v) is 12.3. The van der Waals surface area contributed by atoms with Gasteiger partial charge in [-0.15, -0.1) is 0 Å². The van der Waals surface area contributed by atoms with Crippen LogP contribution < -0.4 is 16.0 Å². The lowest BCUT2D eigenvalue weighted by atomic mass is 9.88. The van der Waals surface area contributed by atoms with Gasteiger partial charge < -0.3 is 26.2 Å². The fourth-order valence-electron chi connectivity index (χ4n) is 4.80. The SMILES string of the molecule is O=C(CNC(=O)c1cccc(C(F)(F)F)c1)NC1CN([C@H]2CC[C@@H](NC(=O)c3ccc(O)c(O)c3)CC2)C1. The van der Waals surface area contributed by atoms with Crippen LogP contribution in [0.5, 0.6) is 11.5 Å². The lowest BCUT2D eigenvalue weighted by molar-refractivity contribution is -0.137. The minimum absolute atomic E-state index is 0.00640. The van der Waals surface area contributed by atoms with Gasteiger partial charge in [-0.25, -0.2) is 0 Å². The smallest absolute Gasteiger partial charge is 0.416 e. The molecule has 204 valence electrons. The monoisotopic (exact) mass is 534 g/mol. The summed E-state index contributed by atoms with van der Waals surface area (Å²) < 4.78 is 38.5. The van der Waals surface area contributed by atoms with E-state index in [1.54, 1.807) is 0 Å². The molecule has 2 aromatic carbocycles. The molecule has 9 nitrogen and oxygen atoms in total. The zero-order chi connectivity index (χ0) is 27.4. The average molecular weight is 535 g/mol. The maximum absolute atomic E-state index is 12.8. The lowest BCUT2D eigenvalue weighted by Crippen LogP contribution is -2.63. The Morgan fingerprint density at radius 2 is 1.53 bits per heavy atom. The van der Waals surface area contributed by atoms with Gasteiger partial charge in [0, 0.05) is 36.3 Å². The number of amides is 3. The molecule has 2 fully saturated rings. The summed E-state index contributed by atoms with van der Waals surface area (Å²) in [6.07, 6.45) is -1.24. The number of carbonyl (C=O) groups is 3. The van der Waals surface area contributed by atoms with E-state index in [9.17, 15) is 37.8 Å². The van der Waals surface area contributed by atoms with Crippen LogP contribution in [0.2, 0.25) is 0 Å². The number of nitrogens with zero attached hydrogens (tertiary/aromatic N) is 1. The number of phenols is 2. The van der Waals surface area contributed by atoms with E-state index in [-0.39, 0.29) is 47.2 Å². The van der Waals surface area contributed by atoms with Crippen molar-refractivity contribution in [2.45, 2.75) is 50.0 Å². The molecule has 1 aliphatic carbocycles. The van der Waals surface area contributed by atoms with Gasteiger partial charge in [0.05, 0.1) is 18.2 Å². The van der Waals surface area contributed by atoms with Crippen LogP contribution in [-0.2, 0) is 11.0 Å². The highest BCUT2D eigenvalue weighted by atomic mass is 19.4. The van der Waals surface area contributed by atoms with Crippen molar-refractivity contribution >= 4 is 17.7 Å². The van der Waals surface area contributed by atoms with E-state index in [1.807, 2.05) is 0 Å². The molecular weight excluding hydrogens is 505 g/mol. The van der Waals surface area contributed by atoms with Crippen LogP contribution in [0, 0.1) is 0 Å². The topological polar surface area (TPSA) is 131 Å². The van der Waals surface area contributed by atoms with E-state index in [4.69, 9.17) is 0 Å². The van der Waals surface area contributed by atoms with E-state index in [2.05, 4.69) is 20.9 Å². The number of nitrogens with one attached hydrogen (secondary N) is 3. The molecule has 38 heavy (non-hydrogen) atoms. The number of hydrogen-bond acceptors (Lipinski definition) is 6. The van der Waals surface area contributed by atoms with Gasteiger partial charge >= 0.3 is 6.18 Å². The zero-order valence-corrected chi connectivity index (χ0v) is 20.4. The van der Waals surface area contributed by atoms with Crippen molar-refractivity contribution in [1.29, 1.82) is 0 Å². The quantitative estimate of drug-likeness (QED) is 0.347. The van der Waals surface area contributed by atoms with Gasteiger partial charge in [0.2, 0.25) is 5.91 Å². The summed E-state index contributed by atoms with van der Waals surface area (Å²) >= 11 is 0. The van der Waals surface area contributed by atoms with Crippen molar-refractivity contribution < 1.29 is 37.8 Å². The maximum atomic E-state index is 12.8. The predicted molar refractivity (Wildman–Crippen MR) is 131 cm³/mol. The number of phenolic OH excluding ortho intramolecular Hbond substituents is 2. The highest BCUT2D eigenvalue weighted by Crippen LogP contribution is 2.30. The van der Waals surface area contributed by atoms with Gasteiger partial charge in [-0.2, -0.15) is 13.2 Å². The third-order valence-electron chi connectivity index (χ3n) is 6.92. The molecule has 0 aromatic heterocycles. The van der Waals surface area contributed by atoms with Gasteiger partial charge in [0.25, 0.3) is 11.8 Å². The number of halogens is 3. The normalized spacial score (nSPS) is 20.3. The first-order valence-electron chi connectivity index (χ1n) is 12.3. The van der Waals surface area contributed by atoms with Crippen molar-refractivity contribution in [3.05, 3.63) is 59.2 Å². The van der Waals surface area contributed by atoms with Crippen LogP contribution in [-0.4, -0.2) is 70.6 Å². The fourth-order valence-corrected chi connectivity index (χ4v) is 4.80. The Bertz CT molecular complexity index is 1190. The van der Waals surface area contributed by atoms with Crippen LogP contribution in [0.25, 0.3) is 0 Å². The molecule has 1 heterocycles. The Labute approximate surface area is 217 Å². The number of hydrogen-bond donors (Lipinski definition) is 5. The van der Waals surface area contributed by atoms with E-state index < -0.39 is 23.6 Å². The second kappa shape index (κ2) is 11.3. The Morgan fingerprint density at radius 1 is 0.842 bits per heavy atom. The number of alkyl halides is 3. The molecule has 2 aromatic rings. The molecule has 3 amide bonds. The van der Waals surface area contributed by atoms with Crippen molar-refractivity contribution in [3.63, 3.8) is 0 Å². The minimum atomic E-state index is -4.56. The molecule has 4 rings (SSSR count). The molecule has 0 atom stereocenters. The van der Waals surface area contributed by atoms with Crippen LogP contribution in [0.15, 0.2) is 42.5 Å². The maximum Gasteiger partial charge on any atom is 0.416 e. The summed E-state index contributed by atoms with van der Waals surface area (Å²) in [6.45, 7) is 0.971. The van der Waals surface area contributed by atoms with E-state index in [0.717, 1.165) is 43.9 Å². The molecule has 2 aliphatic rings. The van der Waals surface area contributed by atoms with Gasteiger partial charge in [-0.05, 0) is 62.1 Å². The Hall–Kier alpha value is -3.80. The van der Waals surface area contributed by atoms with Crippen molar-refractivity contribution in [2.75, 3.05) is 19.6 Å². The molecule has 5 N–H and O–H groups in total. The Morgan fingerprint density at radius 3 is 2.18 bits per heavy atom. The number of benzene rings is 2. The van der Waals surface area contributed by atoms with Gasteiger partial charge in [-0.3, -0.25) is 19.3 Å². The lowest BCUT2D eigenvalue weighted by Gasteiger charge is -2.46. The van der Waals surface area contributed by atoms with Gasteiger partial charge in [0.15, 0.2) is 11.5 Å².